The zero-order valence-electron chi connectivity index (χ0n) is 19.0. The van der Waals surface area contributed by atoms with E-state index >= 15 is 0 Å². The number of hydrogen-bond donors (Lipinski definition) is 1. The molecule has 1 aliphatic carbocycles. The monoisotopic (exact) mass is 436 g/mol. The minimum absolute atomic E-state index is 0.00954. The SMILES string of the molecule is COC1C[C@H](NC(=O)c2ccccc2)CC2(c3cccc(OC(C)=O)c3)CCN(C)CC12. The number of likely N-dealkylation sites (tertiary alicyclic amines) is 1. The first-order chi connectivity index (χ1) is 15.4. The van der Waals surface area contributed by atoms with E-state index in [2.05, 4.69) is 23.3 Å². The van der Waals surface area contributed by atoms with Crippen molar-refractivity contribution in [1.29, 1.82) is 0 Å². The van der Waals surface area contributed by atoms with Crippen LogP contribution in [0, 0.1) is 5.92 Å². The van der Waals surface area contributed by atoms with E-state index in [0.29, 0.717) is 11.3 Å². The van der Waals surface area contributed by atoms with Crippen molar-refractivity contribution in [3.05, 3.63) is 65.7 Å². The number of hydrogen-bond acceptors (Lipinski definition) is 5. The van der Waals surface area contributed by atoms with Crippen molar-refractivity contribution in [2.75, 3.05) is 27.2 Å². The number of fused-ring (bicyclic) bond motifs is 1. The molecule has 1 saturated carbocycles. The lowest BCUT2D eigenvalue weighted by molar-refractivity contribution is -0.131. The van der Waals surface area contributed by atoms with Gasteiger partial charge in [0, 0.05) is 43.5 Å². The molecule has 0 spiro atoms. The van der Waals surface area contributed by atoms with Gasteiger partial charge in [0.2, 0.25) is 0 Å². The summed E-state index contributed by atoms with van der Waals surface area (Å²) in [6.45, 7) is 3.31. The summed E-state index contributed by atoms with van der Waals surface area (Å²) in [5, 5.41) is 3.27. The molecule has 170 valence electrons. The maximum Gasteiger partial charge on any atom is 0.308 e. The Hall–Kier alpha value is -2.70. The number of carbonyl (C=O) groups is 2. The van der Waals surface area contributed by atoms with E-state index in [1.807, 2.05) is 48.5 Å². The highest BCUT2D eigenvalue weighted by atomic mass is 16.5. The van der Waals surface area contributed by atoms with Gasteiger partial charge in [-0.2, -0.15) is 0 Å². The Morgan fingerprint density at radius 1 is 1.12 bits per heavy atom. The molecule has 1 saturated heterocycles. The Labute approximate surface area is 189 Å². The highest BCUT2D eigenvalue weighted by Crippen LogP contribution is 2.50. The molecule has 4 atom stereocenters. The van der Waals surface area contributed by atoms with E-state index in [0.717, 1.165) is 37.9 Å². The number of piperidine rings is 1. The average Bonchev–Trinajstić information content (AvgIpc) is 2.79. The van der Waals surface area contributed by atoms with Crippen LogP contribution in [-0.2, 0) is 14.9 Å². The molecule has 2 aromatic carbocycles. The summed E-state index contributed by atoms with van der Waals surface area (Å²) >= 11 is 0. The Balaban J connectivity index is 1.67. The summed E-state index contributed by atoms with van der Waals surface area (Å²) in [5.41, 5.74) is 1.64. The Kier molecular flexibility index (Phi) is 6.63. The van der Waals surface area contributed by atoms with Crippen LogP contribution >= 0.6 is 0 Å². The maximum atomic E-state index is 12.9. The smallest absolute Gasteiger partial charge is 0.308 e. The van der Waals surface area contributed by atoms with Crippen LogP contribution < -0.4 is 10.1 Å². The minimum Gasteiger partial charge on any atom is -0.427 e. The van der Waals surface area contributed by atoms with E-state index in [9.17, 15) is 9.59 Å². The number of methoxy groups -OCH3 is 1. The number of nitrogens with zero attached hydrogens (tertiary/aromatic N) is 1. The molecule has 0 aromatic heterocycles. The van der Waals surface area contributed by atoms with Crippen LogP contribution in [-0.4, -0.2) is 56.2 Å². The number of esters is 1. The first-order valence-corrected chi connectivity index (χ1v) is 11.3. The van der Waals surface area contributed by atoms with Crippen molar-refractivity contribution in [2.24, 2.45) is 5.92 Å². The molecular weight excluding hydrogens is 404 g/mol. The van der Waals surface area contributed by atoms with Crippen LogP contribution in [0.25, 0.3) is 0 Å². The summed E-state index contributed by atoms with van der Waals surface area (Å²) in [6, 6.07) is 17.2. The first-order valence-electron chi connectivity index (χ1n) is 11.3. The van der Waals surface area contributed by atoms with Crippen LogP contribution in [0.4, 0.5) is 0 Å². The van der Waals surface area contributed by atoms with E-state index in [4.69, 9.17) is 9.47 Å². The third kappa shape index (κ3) is 4.57. The number of nitrogens with one attached hydrogen (secondary N) is 1. The van der Waals surface area contributed by atoms with Crippen LogP contribution in [0.3, 0.4) is 0 Å². The summed E-state index contributed by atoms with van der Waals surface area (Å²) in [4.78, 5) is 26.8. The van der Waals surface area contributed by atoms with Crippen molar-refractivity contribution >= 4 is 11.9 Å². The zero-order chi connectivity index (χ0) is 22.7. The molecule has 6 heteroatoms. The Morgan fingerprint density at radius 3 is 2.62 bits per heavy atom. The van der Waals surface area contributed by atoms with Gasteiger partial charge in [0.15, 0.2) is 0 Å². The molecule has 2 fully saturated rings. The highest BCUT2D eigenvalue weighted by Gasteiger charge is 2.52. The maximum absolute atomic E-state index is 12.9. The normalized spacial score (nSPS) is 27.9. The molecule has 1 aliphatic heterocycles. The minimum atomic E-state index is -0.328. The van der Waals surface area contributed by atoms with Crippen LogP contribution in [0.5, 0.6) is 5.75 Å². The quantitative estimate of drug-likeness (QED) is 0.575. The lowest BCUT2D eigenvalue weighted by Gasteiger charge is -2.55. The molecule has 4 rings (SSSR count). The molecule has 2 aromatic rings. The molecule has 1 amide bonds. The summed E-state index contributed by atoms with van der Waals surface area (Å²) < 4.78 is 11.4. The number of rotatable bonds is 5. The fourth-order valence-corrected chi connectivity index (χ4v) is 5.61. The lowest BCUT2D eigenvalue weighted by Crippen LogP contribution is -2.60. The van der Waals surface area contributed by atoms with Crippen LogP contribution in [0.1, 0.15) is 42.1 Å². The van der Waals surface area contributed by atoms with Crippen molar-refractivity contribution < 1.29 is 19.1 Å². The van der Waals surface area contributed by atoms with Gasteiger partial charge in [-0.25, -0.2) is 0 Å². The van der Waals surface area contributed by atoms with Crippen molar-refractivity contribution in [1.82, 2.24) is 10.2 Å². The molecule has 1 heterocycles. The van der Waals surface area contributed by atoms with Gasteiger partial charge in [0.1, 0.15) is 5.75 Å². The fourth-order valence-electron chi connectivity index (χ4n) is 5.61. The van der Waals surface area contributed by atoms with E-state index in [1.54, 1.807) is 7.11 Å². The first kappa shape index (κ1) is 22.5. The van der Waals surface area contributed by atoms with Crippen molar-refractivity contribution in [3.63, 3.8) is 0 Å². The highest BCUT2D eigenvalue weighted by molar-refractivity contribution is 5.94. The molecule has 6 nitrogen and oxygen atoms in total. The van der Waals surface area contributed by atoms with E-state index in [-0.39, 0.29) is 35.4 Å². The van der Waals surface area contributed by atoms with E-state index < -0.39 is 0 Å². The molecule has 32 heavy (non-hydrogen) atoms. The number of benzene rings is 2. The molecule has 2 aliphatic rings. The number of carbonyl (C=O) groups excluding carboxylic acids is 2. The van der Waals surface area contributed by atoms with Gasteiger partial charge in [-0.1, -0.05) is 30.3 Å². The topological polar surface area (TPSA) is 67.9 Å². The molecule has 3 unspecified atom stereocenters. The predicted molar refractivity (Wildman–Crippen MR) is 123 cm³/mol. The van der Waals surface area contributed by atoms with Gasteiger partial charge in [-0.15, -0.1) is 0 Å². The lowest BCUT2D eigenvalue weighted by atomic mass is 9.57. The average molecular weight is 437 g/mol. The predicted octanol–water partition coefficient (Wildman–Crippen LogP) is 3.41. The van der Waals surface area contributed by atoms with Gasteiger partial charge in [-0.05, 0) is 62.7 Å². The third-order valence-corrected chi connectivity index (χ3v) is 7.08. The Morgan fingerprint density at radius 2 is 1.91 bits per heavy atom. The largest absolute Gasteiger partial charge is 0.427 e. The van der Waals surface area contributed by atoms with E-state index in [1.165, 1.54) is 6.92 Å². The van der Waals surface area contributed by atoms with Gasteiger partial charge >= 0.3 is 5.97 Å². The second-order valence-electron chi connectivity index (χ2n) is 9.15. The van der Waals surface area contributed by atoms with Gasteiger partial charge in [0.05, 0.1) is 6.10 Å². The second kappa shape index (κ2) is 9.43. The standard InChI is InChI=1S/C26H32N2O4/c1-18(29)32-22-11-7-10-20(14-22)26-12-13-28(2)17-23(26)24(31-3)15-21(16-26)27-25(30)19-8-5-4-6-9-19/h4-11,14,21,23-24H,12-13,15-17H2,1-3H3,(H,27,30)/t21-,23?,24?,26?/m0/s1. The molecule has 0 radical (unpaired) electrons. The summed E-state index contributed by atoms with van der Waals surface area (Å²) in [5.74, 6) is 0.460. The number of ether oxygens (including phenoxy) is 2. The summed E-state index contributed by atoms with van der Waals surface area (Å²) in [6.07, 6.45) is 2.58. The van der Waals surface area contributed by atoms with Gasteiger partial charge < -0.3 is 19.7 Å². The number of amides is 1. The van der Waals surface area contributed by atoms with Crippen LogP contribution in [0.15, 0.2) is 54.6 Å². The molecular formula is C26H32N2O4. The third-order valence-electron chi connectivity index (χ3n) is 7.08. The van der Waals surface area contributed by atoms with Crippen molar-refractivity contribution in [2.45, 2.75) is 43.7 Å². The zero-order valence-corrected chi connectivity index (χ0v) is 19.0. The van der Waals surface area contributed by atoms with Gasteiger partial charge in [0.25, 0.3) is 5.91 Å². The second-order valence-corrected chi connectivity index (χ2v) is 9.15. The molecule has 0 bridgehead atoms. The van der Waals surface area contributed by atoms with Crippen LogP contribution in [0.2, 0.25) is 0 Å². The molecule has 1 N–H and O–H groups in total. The summed E-state index contributed by atoms with van der Waals surface area (Å²) in [7, 11) is 3.91. The van der Waals surface area contributed by atoms with Gasteiger partial charge in [-0.3, -0.25) is 9.59 Å². The Bertz CT molecular complexity index is 963. The van der Waals surface area contributed by atoms with Crippen molar-refractivity contribution in [3.8, 4) is 5.75 Å². The fraction of sp³-hybridized carbons (Fsp3) is 0.462.